The molecular formula is C10H11ClO2. The van der Waals surface area contributed by atoms with Crippen LogP contribution >= 0.6 is 11.6 Å². The summed E-state index contributed by atoms with van der Waals surface area (Å²) >= 11 is 5.98. The van der Waals surface area contributed by atoms with Crippen LogP contribution < -0.4 is 4.74 Å². The van der Waals surface area contributed by atoms with Crippen LogP contribution in [-0.2, 0) is 10.3 Å². The quantitative estimate of drug-likeness (QED) is 0.682. The minimum absolute atomic E-state index is 0.115. The maximum atomic E-state index is 5.98. The van der Waals surface area contributed by atoms with E-state index in [-0.39, 0.29) is 5.60 Å². The van der Waals surface area contributed by atoms with Crippen LogP contribution in [0.1, 0.15) is 12.5 Å². The number of hydrogen-bond donors (Lipinski definition) is 0. The molecule has 0 spiro atoms. The lowest BCUT2D eigenvalue weighted by Gasteiger charge is -2.08. The third-order valence-corrected chi connectivity index (χ3v) is 2.64. The molecule has 70 valence electrons. The smallest absolute Gasteiger partial charge is 0.137 e. The Morgan fingerprint density at radius 3 is 2.69 bits per heavy atom. The van der Waals surface area contributed by atoms with Gasteiger partial charge in [-0.3, -0.25) is 0 Å². The van der Waals surface area contributed by atoms with E-state index in [1.165, 1.54) is 0 Å². The maximum Gasteiger partial charge on any atom is 0.137 e. The van der Waals surface area contributed by atoms with Crippen LogP contribution in [-0.4, -0.2) is 13.7 Å². The monoisotopic (exact) mass is 198 g/mol. The lowest BCUT2D eigenvalue weighted by molar-refractivity contribution is 0.329. The minimum Gasteiger partial charge on any atom is -0.495 e. The van der Waals surface area contributed by atoms with Gasteiger partial charge in [-0.1, -0.05) is 17.7 Å². The van der Waals surface area contributed by atoms with Crippen molar-refractivity contribution in [2.24, 2.45) is 0 Å². The first kappa shape index (κ1) is 8.85. The van der Waals surface area contributed by atoms with Gasteiger partial charge in [-0.05, 0) is 24.6 Å². The van der Waals surface area contributed by atoms with Gasteiger partial charge in [0.25, 0.3) is 0 Å². The van der Waals surface area contributed by atoms with E-state index in [4.69, 9.17) is 21.1 Å². The van der Waals surface area contributed by atoms with E-state index < -0.39 is 0 Å². The highest BCUT2D eigenvalue weighted by molar-refractivity contribution is 6.32. The highest BCUT2D eigenvalue weighted by Crippen LogP contribution is 2.40. The lowest BCUT2D eigenvalue weighted by Crippen LogP contribution is -2.01. The SMILES string of the molecule is COc1ccc(C2(C)CO2)cc1Cl. The number of benzene rings is 1. The fraction of sp³-hybridized carbons (Fsp3) is 0.400. The van der Waals surface area contributed by atoms with E-state index in [0.717, 1.165) is 12.2 Å². The molecular weight excluding hydrogens is 188 g/mol. The second-order valence-corrected chi connectivity index (χ2v) is 3.78. The third-order valence-electron chi connectivity index (χ3n) is 2.34. The second-order valence-electron chi connectivity index (χ2n) is 3.37. The molecule has 0 N–H and O–H groups in total. The van der Waals surface area contributed by atoms with E-state index in [1.54, 1.807) is 7.11 Å². The summed E-state index contributed by atoms with van der Waals surface area (Å²) in [5.74, 6) is 0.703. The molecule has 1 aromatic rings. The average molecular weight is 199 g/mol. The Bertz CT molecular complexity index is 332. The van der Waals surface area contributed by atoms with Crippen LogP contribution in [0.3, 0.4) is 0 Å². The van der Waals surface area contributed by atoms with Crippen molar-refractivity contribution in [2.45, 2.75) is 12.5 Å². The Labute approximate surface area is 82.4 Å². The Balaban J connectivity index is 2.36. The minimum atomic E-state index is -0.115. The second kappa shape index (κ2) is 2.89. The summed E-state index contributed by atoms with van der Waals surface area (Å²) in [6, 6.07) is 5.75. The van der Waals surface area contributed by atoms with E-state index in [9.17, 15) is 0 Å². The standard InChI is InChI=1S/C10H11ClO2/c1-10(6-13-10)7-3-4-9(12-2)8(11)5-7/h3-5H,6H2,1-2H3. The maximum absolute atomic E-state index is 5.98. The van der Waals surface area contributed by atoms with Gasteiger partial charge in [0.05, 0.1) is 18.7 Å². The summed E-state index contributed by atoms with van der Waals surface area (Å²) in [5.41, 5.74) is 0.994. The van der Waals surface area contributed by atoms with Crippen molar-refractivity contribution in [2.75, 3.05) is 13.7 Å². The summed E-state index contributed by atoms with van der Waals surface area (Å²) in [7, 11) is 1.61. The van der Waals surface area contributed by atoms with Crippen molar-refractivity contribution < 1.29 is 9.47 Å². The van der Waals surface area contributed by atoms with Crippen molar-refractivity contribution >= 4 is 11.6 Å². The zero-order valence-corrected chi connectivity index (χ0v) is 8.39. The van der Waals surface area contributed by atoms with E-state index in [1.807, 2.05) is 25.1 Å². The number of rotatable bonds is 2. The number of ether oxygens (including phenoxy) is 2. The Morgan fingerprint density at radius 2 is 2.23 bits per heavy atom. The molecule has 1 unspecified atom stereocenters. The molecule has 1 heterocycles. The molecule has 0 saturated carbocycles. The van der Waals surface area contributed by atoms with Gasteiger partial charge in [0.15, 0.2) is 0 Å². The van der Waals surface area contributed by atoms with Gasteiger partial charge in [-0.2, -0.15) is 0 Å². The Hall–Kier alpha value is -0.730. The van der Waals surface area contributed by atoms with E-state index in [0.29, 0.717) is 10.8 Å². The number of hydrogen-bond acceptors (Lipinski definition) is 2. The molecule has 13 heavy (non-hydrogen) atoms. The Kier molecular flexibility index (Phi) is 1.97. The number of halogens is 1. The number of methoxy groups -OCH3 is 1. The van der Waals surface area contributed by atoms with Crippen LogP contribution in [0.15, 0.2) is 18.2 Å². The lowest BCUT2D eigenvalue weighted by atomic mass is 10.0. The molecule has 1 aromatic carbocycles. The van der Waals surface area contributed by atoms with Crippen LogP contribution in [0, 0.1) is 0 Å². The van der Waals surface area contributed by atoms with Crippen molar-refractivity contribution in [3.8, 4) is 5.75 Å². The zero-order chi connectivity index (χ0) is 9.47. The van der Waals surface area contributed by atoms with Gasteiger partial charge in [0, 0.05) is 0 Å². The molecule has 2 nitrogen and oxygen atoms in total. The summed E-state index contributed by atoms with van der Waals surface area (Å²) in [4.78, 5) is 0. The predicted octanol–water partition coefficient (Wildman–Crippen LogP) is 2.59. The zero-order valence-electron chi connectivity index (χ0n) is 7.63. The van der Waals surface area contributed by atoms with Crippen LogP contribution in [0.4, 0.5) is 0 Å². The molecule has 3 heteroatoms. The third kappa shape index (κ3) is 1.52. The molecule has 1 atom stereocenters. The van der Waals surface area contributed by atoms with Crippen LogP contribution in [0.2, 0.25) is 5.02 Å². The summed E-state index contributed by atoms with van der Waals surface area (Å²) < 4.78 is 10.4. The van der Waals surface area contributed by atoms with Crippen molar-refractivity contribution in [1.29, 1.82) is 0 Å². The molecule has 1 aliphatic heterocycles. The summed E-state index contributed by atoms with van der Waals surface area (Å²) in [6.07, 6.45) is 0. The van der Waals surface area contributed by atoms with Gasteiger partial charge >= 0.3 is 0 Å². The van der Waals surface area contributed by atoms with E-state index in [2.05, 4.69) is 0 Å². The highest BCUT2D eigenvalue weighted by atomic mass is 35.5. The van der Waals surface area contributed by atoms with Crippen molar-refractivity contribution in [1.82, 2.24) is 0 Å². The van der Waals surface area contributed by atoms with Crippen LogP contribution in [0.5, 0.6) is 5.75 Å². The molecule has 2 rings (SSSR count). The molecule has 1 saturated heterocycles. The fourth-order valence-electron chi connectivity index (χ4n) is 1.27. The van der Waals surface area contributed by atoms with E-state index >= 15 is 0 Å². The molecule has 0 aliphatic carbocycles. The normalized spacial score (nSPS) is 25.8. The molecule has 1 aliphatic rings. The van der Waals surface area contributed by atoms with Gasteiger partial charge < -0.3 is 9.47 Å². The first-order valence-electron chi connectivity index (χ1n) is 4.14. The first-order valence-corrected chi connectivity index (χ1v) is 4.51. The fourth-order valence-corrected chi connectivity index (χ4v) is 1.53. The molecule has 1 fully saturated rings. The molecule has 0 amide bonds. The molecule has 0 radical (unpaired) electrons. The van der Waals surface area contributed by atoms with Gasteiger partial charge in [-0.25, -0.2) is 0 Å². The molecule has 0 bridgehead atoms. The summed E-state index contributed by atoms with van der Waals surface area (Å²) in [6.45, 7) is 2.82. The number of epoxide rings is 1. The summed E-state index contributed by atoms with van der Waals surface area (Å²) in [5, 5.41) is 0.636. The van der Waals surface area contributed by atoms with Crippen molar-refractivity contribution in [3.63, 3.8) is 0 Å². The predicted molar refractivity (Wildman–Crippen MR) is 51.3 cm³/mol. The highest BCUT2D eigenvalue weighted by Gasteiger charge is 2.41. The largest absolute Gasteiger partial charge is 0.495 e. The average Bonchev–Trinajstić information content (AvgIpc) is 2.85. The van der Waals surface area contributed by atoms with Gasteiger partial charge in [0.2, 0.25) is 0 Å². The molecule has 0 aromatic heterocycles. The van der Waals surface area contributed by atoms with Crippen molar-refractivity contribution in [3.05, 3.63) is 28.8 Å². The topological polar surface area (TPSA) is 21.8 Å². The van der Waals surface area contributed by atoms with Crippen LogP contribution in [0.25, 0.3) is 0 Å². The van der Waals surface area contributed by atoms with Gasteiger partial charge in [0.1, 0.15) is 11.4 Å². The Morgan fingerprint density at radius 1 is 1.54 bits per heavy atom. The first-order chi connectivity index (χ1) is 6.15. The van der Waals surface area contributed by atoms with Gasteiger partial charge in [-0.15, -0.1) is 0 Å².